The normalized spacial score (nSPS) is 15.6. The second kappa shape index (κ2) is 9.96. The van der Waals surface area contributed by atoms with Gasteiger partial charge in [0.15, 0.2) is 5.78 Å². The predicted octanol–water partition coefficient (Wildman–Crippen LogP) is 3.61. The third-order valence-corrected chi connectivity index (χ3v) is 5.79. The molecule has 31 heavy (non-hydrogen) atoms. The number of benzene rings is 2. The van der Waals surface area contributed by atoms with Gasteiger partial charge in [-0.15, -0.1) is 0 Å². The summed E-state index contributed by atoms with van der Waals surface area (Å²) in [5, 5.41) is 15.6. The molecule has 0 bridgehead atoms. The van der Waals surface area contributed by atoms with Gasteiger partial charge in [-0.05, 0) is 25.1 Å². The molecular weight excluding hydrogens is 414 g/mol. The van der Waals surface area contributed by atoms with Gasteiger partial charge in [0.2, 0.25) is 11.8 Å². The van der Waals surface area contributed by atoms with Crippen LogP contribution in [0.2, 0.25) is 0 Å². The molecule has 1 heterocycles. The van der Waals surface area contributed by atoms with Crippen LogP contribution in [0, 0.1) is 11.3 Å². The number of thioether (sulfide) groups is 1. The van der Waals surface area contributed by atoms with Crippen LogP contribution in [0.15, 0.2) is 59.1 Å². The number of hydrogen-bond acceptors (Lipinski definition) is 6. The maximum Gasteiger partial charge on any atom is 0.234 e. The molecule has 7 nitrogen and oxygen atoms in total. The fourth-order valence-electron chi connectivity index (χ4n) is 3.30. The molecule has 1 atom stereocenters. The van der Waals surface area contributed by atoms with E-state index in [0.717, 1.165) is 17.3 Å². The van der Waals surface area contributed by atoms with Crippen molar-refractivity contribution >= 4 is 35.0 Å². The lowest BCUT2D eigenvalue weighted by molar-refractivity contribution is -0.121. The molecule has 2 amide bonds. The average Bonchev–Trinajstić information content (AvgIpc) is 2.77. The maximum atomic E-state index is 12.4. The Morgan fingerprint density at radius 1 is 1.26 bits per heavy atom. The van der Waals surface area contributed by atoms with Crippen LogP contribution in [0.3, 0.4) is 0 Å². The molecule has 0 fully saturated rings. The highest BCUT2D eigenvalue weighted by Crippen LogP contribution is 2.39. The number of methoxy groups -OCH3 is 1. The fraction of sp³-hybridized carbons (Fsp3) is 0.217. The predicted molar refractivity (Wildman–Crippen MR) is 119 cm³/mol. The van der Waals surface area contributed by atoms with E-state index in [1.165, 1.54) is 6.92 Å². The van der Waals surface area contributed by atoms with Gasteiger partial charge in [0.25, 0.3) is 0 Å². The van der Waals surface area contributed by atoms with E-state index in [2.05, 4.69) is 16.7 Å². The van der Waals surface area contributed by atoms with Crippen molar-refractivity contribution in [2.75, 3.05) is 18.2 Å². The number of hydrogen-bond donors (Lipinski definition) is 2. The van der Waals surface area contributed by atoms with Crippen LogP contribution in [-0.4, -0.2) is 30.5 Å². The number of carbonyl (C=O) groups excluding carboxylic acids is 3. The molecule has 0 unspecified atom stereocenters. The van der Waals surface area contributed by atoms with Crippen LogP contribution in [0.5, 0.6) is 5.75 Å². The van der Waals surface area contributed by atoms with E-state index in [0.29, 0.717) is 27.6 Å². The largest absolute Gasteiger partial charge is 0.496 e. The lowest BCUT2D eigenvalue weighted by atomic mass is 9.86. The van der Waals surface area contributed by atoms with Gasteiger partial charge in [-0.25, -0.2) is 0 Å². The smallest absolute Gasteiger partial charge is 0.234 e. The van der Waals surface area contributed by atoms with Crippen molar-refractivity contribution in [3.8, 4) is 11.8 Å². The van der Waals surface area contributed by atoms with Crippen molar-refractivity contribution in [2.45, 2.75) is 19.3 Å². The first-order chi connectivity index (χ1) is 14.9. The third-order valence-electron chi connectivity index (χ3n) is 4.77. The highest BCUT2D eigenvalue weighted by Gasteiger charge is 2.31. The van der Waals surface area contributed by atoms with E-state index in [4.69, 9.17) is 4.74 Å². The van der Waals surface area contributed by atoms with Crippen molar-refractivity contribution in [1.29, 1.82) is 5.26 Å². The van der Waals surface area contributed by atoms with E-state index < -0.39 is 5.92 Å². The highest BCUT2D eigenvalue weighted by atomic mass is 32.2. The molecule has 158 valence electrons. The van der Waals surface area contributed by atoms with E-state index in [1.807, 2.05) is 18.2 Å². The second-order valence-corrected chi connectivity index (χ2v) is 7.86. The topological polar surface area (TPSA) is 108 Å². The summed E-state index contributed by atoms with van der Waals surface area (Å²) >= 11 is 1.09. The number of carbonyl (C=O) groups is 3. The molecule has 0 aromatic heterocycles. The molecule has 0 spiro atoms. The number of anilines is 1. The molecule has 0 radical (unpaired) electrons. The number of ketones is 1. The number of nitrogens with zero attached hydrogens (tertiary/aromatic N) is 1. The number of allylic oxidation sites excluding steroid dienone is 1. The Kier molecular flexibility index (Phi) is 7.11. The van der Waals surface area contributed by atoms with E-state index >= 15 is 0 Å². The zero-order chi connectivity index (χ0) is 22.4. The van der Waals surface area contributed by atoms with Crippen LogP contribution < -0.4 is 15.4 Å². The summed E-state index contributed by atoms with van der Waals surface area (Å²) < 4.78 is 5.39. The minimum absolute atomic E-state index is 0.0102. The number of rotatable bonds is 7. The van der Waals surface area contributed by atoms with Crippen molar-refractivity contribution in [3.63, 3.8) is 0 Å². The van der Waals surface area contributed by atoms with Crippen molar-refractivity contribution in [2.24, 2.45) is 0 Å². The van der Waals surface area contributed by atoms with E-state index in [9.17, 15) is 19.6 Å². The summed E-state index contributed by atoms with van der Waals surface area (Å²) in [6.45, 7) is 1.45. The molecule has 2 N–H and O–H groups in total. The fourth-order valence-corrected chi connectivity index (χ4v) is 4.18. The molecule has 0 saturated carbocycles. The van der Waals surface area contributed by atoms with Gasteiger partial charge in [-0.3, -0.25) is 14.4 Å². The monoisotopic (exact) mass is 435 g/mol. The molecule has 8 heteroatoms. The summed E-state index contributed by atoms with van der Waals surface area (Å²) in [6.07, 6.45) is 0.122. The Morgan fingerprint density at radius 3 is 2.74 bits per heavy atom. The highest BCUT2D eigenvalue weighted by molar-refractivity contribution is 8.03. The summed E-state index contributed by atoms with van der Waals surface area (Å²) in [6, 6.07) is 16.1. The summed E-state index contributed by atoms with van der Waals surface area (Å²) in [5.41, 5.74) is 2.15. The lowest BCUT2D eigenvalue weighted by Crippen LogP contribution is -2.31. The molecule has 1 aliphatic rings. The molecule has 2 aromatic carbocycles. The average molecular weight is 436 g/mol. The van der Waals surface area contributed by atoms with Crippen LogP contribution in [0.25, 0.3) is 0 Å². The summed E-state index contributed by atoms with van der Waals surface area (Å²) in [7, 11) is 1.54. The minimum atomic E-state index is -0.451. The minimum Gasteiger partial charge on any atom is -0.496 e. The Balaban J connectivity index is 1.77. The third kappa shape index (κ3) is 5.32. The number of nitrogens with one attached hydrogen (secondary N) is 2. The number of para-hydroxylation sites is 1. The summed E-state index contributed by atoms with van der Waals surface area (Å²) in [4.78, 5) is 36.2. The van der Waals surface area contributed by atoms with E-state index in [1.54, 1.807) is 37.4 Å². The number of amides is 2. The molecular formula is C23H21N3O4S. The van der Waals surface area contributed by atoms with Gasteiger partial charge >= 0.3 is 0 Å². The SMILES string of the molecule is COc1ccccc1[C@H]1CC(=O)NC(SCC(=O)Nc2cccc(C(C)=O)c2)=C1C#N. The van der Waals surface area contributed by atoms with Crippen molar-refractivity contribution in [1.82, 2.24) is 5.32 Å². The van der Waals surface area contributed by atoms with Gasteiger partial charge in [0.1, 0.15) is 5.75 Å². The van der Waals surface area contributed by atoms with Crippen LogP contribution in [0.1, 0.15) is 35.2 Å². The first-order valence-corrected chi connectivity index (χ1v) is 10.5. The molecule has 0 aliphatic carbocycles. The summed E-state index contributed by atoms with van der Waals surface area (Å²) in [5.74, 6) is -0.503. The molecule has 3 rings (SSSR count). The molecule has 0 saturated heterocycles. The quantitative estimate of drug-likeness (QED) is 0.643. The maximum absolute atomic E-state index is 12.4. The van der Waals surface area contributed by atoms with Gasteiger partial charge in [-0.2, -0.15) is 5.26 Å². The second-order valence-electron chi connectivity index (χ2n) is 6.88. The first kappa shape index (κ1) is 22.1. The van der Waals surface area contributed by atoms with Crippen LogP contribution in [-0.2, 0) is 9.59 Å². The Hall–Kier alpha value is -3.57. The lowest BCUT2D eigenvalue weighted by Gasteiger charge is -2.26. The number of nitriles is 1. The standard InChI is InChI=1S/C23H21N3O4S/c1-14(27)15-6-5-7-16(10-15)25-22(29)13-31-23-19(12-24)18(11-21(28)26-23)17-8-3-4-9-20(17)30-2/h3-10,18H,11,13H2,1-2H3,(H,25,29)(H,26,28)/t18-/m1/s1. The van der Waals surface area contributed by atoms with Gasteiger partial charge in [0.05, 0.1) is 29.5 Å². The number of ether oxygens (including phenoxy) is 1. The van der Waals surface area contributed by atoms with Gasteiger partial charge < -0.3 is 15.4 Å². The Labute approximate surface area is 184 Å². The zero-order valence-corrected chi connectivity index (χ0v) is 17.9. The van der Waals surface area contributed by atoms with Crippen LogP contribution in [0.4, 0.5) is 5.69 Å². The number of Topliss-reactive ketones (excluding diaryl/α,β-unsaturated/α-hetero) is 1. The van der Waals surface area contributed by atoms with Crippen LogP contribution >= 0.6 is 11.8 Å². The first-order valence-electron chi connectivity index (χ1n) is 9.53. The van der Waals surface area contributed by atoms with Crippen molar-refractivity contribution < 1.29 is 19.1 Å². The van der Waals surface area contributed by atoms with Crippen molar-refractivity contribution in [3.05, 3.63) is 70.3 Å². The Bertz CT molecular complexity index is 1100. The van der Waals surface area contributed by atoms with E-state index in [-0.39, 0.29) is 29.8 Å². The Morgan fingerprint density at radius 2 is 2.03 bits per heavy atom. The molecule has 1 aliphatic heterocycles. The van der Waals surface area contributed by atoms with Gasteiger partial charge in [-0.1, -0.05) is 42.1 Å². The molecule has 2 aromatic rings. The van der Waals surface area contributed by atoms with Gasteiger partial charge in [0, 0.05) is 29.2 Å². The zero-order valence-electron chi connectivity index (χ0n) is 17.1.